The van der Waals surface area contributed by atoms with Gasteiger partial charge in [0.25, 0.3) is 0 Å². The molecule has 2 rings (SSSR count). The van der Waals surface area contributed by atoms with Crippen molar-refractivity contribution >= 4 is 35.8 Å². The third-order valence-corrected chi connectivity index (χ3v) is 5.32. The van der Waals surface area contributed by atoms with Crippen LogP contribution in [0.25, 0.3) is 0 Å². The number of piperidine rings is 1. The van der Waals surface area contributed by atoms with Gasteiger partial charge in [0.1, 0.15) is 0 Å². The Balaban J connectivity index is 0.00000364. The molecular formula is C19H39IN6O. The summed E-state index contributed by atoms with van der Waals surface area (Å²) >= 11 is 0. The molecule has 27 heavy (non-hydrogen) atoms. The molecule has 0 aromatic heterocycles. The molecule has 2 N–H and O–H groups in total. The minimum absolute atomic E-state index is 0. The summed E-state index contributed by atoms with van der Waals surface area (Å²) in [5, 5.41) is 7.00. The Labute approximate surface area is 182 Å². The number of likely N-dealkylation sites (tertiary alicyclic amines) is 1. The number of hydrogen-bond donors (Lipinski definition) is 2. The third kappa shape index (κ3) is 8.95. The van der Waals surface area contributed by atoms with Crippen LogP contribution in [0, 0.1) is 0 Å². The Morgan fingerprint density at radius 2 is 1.63 bits per heavy atom. The van der Waals surface area contributed by atoms with Crippen molar-refractivity contribution in [2.45, 2.75) is 46.1 Å². The second kappa shape index (κ2) is 13.5. The minimum Gasteiger partial charge on any atom is -0.357 e. The molecular weight excluding hydrogens is 455 g/mol. The van der Waals surface area contributed by atoms with Gasteiger partial charge in [0, 0.05) is 65.3 Å². The van der Waals surface area contributed by atoms with Gasteiger partial charge >= 0.3 is 0 Å². The van der Waals surface area contributed by atoms with Gasteiger partial charge in [-0.25, -0.2) is 0 Å². The first-order chi connectivity index (χ1) is 12.6. The molecule has 8 heteroatoms. The number of guanidine groups is 1. The summed E-state index contributed by atoms with van der Waals surface area (Å²) in [7, 11) is 0. The van der Waals surface area contributed by atoms with Gasteiger partial charge in [-0.2, -0.15) is 0 Å². The number of hydrogen-bond acceptors (Lipinski definition) is 4. The van der Waals surface area contributed by atoms with E-state index >= 15 is 0 Å². The monoisotopic (exact) mass is 494 g/mol. The van der Waals surface area contributed by atoms with Crippen LogP contribution in [0.1, 0.15) is 40.0 Å². The predicted octanol–water partition coefficient (Wildman–Crippen LogP) is 1.20. The van der Waals surface area contributed by atoms with Crippen LogP contribution in [0.15, 0.2) is 4.99 Å². The van der Waals surface area contributed by atoms with E-state index in [1.807, 2.05) is 4.90 Å². The van der Waals surface area contributed by atoms with Crippen molar-refractivity contribution < 1.29 is 4.79 Å². The molecule has 1 amide bonds. The van der Waals surface area contributed by atoms with E-state index in [-0.39, 0.29) is 29.9 Å². The minimum atomic E-state index is 0. The summed E-state index contributed by atoms with van der Waals surface area (Å²) in [5.41, 5.74) is 0. The van der Waals surface area contributed by atoms with Crippen LogP contribution in [0.2, 0.25) is 0 Å². The number of piperazine rings is 1. The fourth-order valence-corrected chi connectivity index (χ4v) is 3.72. The fourth-order valence-electron chi connectivity index (χ4n) is 3.72. The van der Waals surface area contributed by atoms with E-state index in [9.17, 15) is 4.79 Å². The summed E-state index contributed by atoms with van der Waals surface area (Å²) in [5.74, 6) is 1.13. The zero-order chi connectivity index (χ0) is 18.8. The fraction of sp³-hybridized carbons (Fsp3) is 0.895. The topological polar surface area (TPSA) is 63.2 Å². The molecule has 0 saturated carbocycles. The van der Waals surface area contributed by atoms with Gasteiger partial charge in [-0.1, -0.05) is 6.92 Å². The standard InChI is InChI=1S/C19H38N6O.HI/c1-4-9-23-10-6-18(7-11-23)22-19(20-5-2)21-8-12-24-13-15-25(16-14-24)17(3)26;/h18H,4-16H2,1-3H3,(H2,20,21,22);1H. The zero-order valence-corrected chi connectivity index (χ0v) is 19.7. The molecule has 0 bridgehead atoms. The van der Waals surface area contributed by atoms with Crippen molar-refractivity contribution in [1.29, 1.82) is 0 Å². The van der Waals surface area contributed by atoms with Crippen LogP contribution in [-0.4, -0.2) is 98.1 Å². The number of amides is 1. The SMILES string of the molecule is CCCN1CCC(NC(=NCCN2CCN(C(C)=O)CC2)NCC)CC1.I. The molecule has 0 atom stereocenters. The Morgan fingerprint density at radius 3 is 2.19 bits per heavy atom. The van der Waals surface area contributed by atoms with Gasteiger partial charge in [0.05, 0.1) is 6.54 Å². The lowest BCUT2D eigenvalue weighted by Crippen LogP contribution is -2.50. The maximum absolute atomic E-state index is 11.4. The molecule has 0 aliphatic carbocycles. The van der Waals surface area contributed by atoms with E-state index in [1.54, 1.807) is 6.92 Å². The van der Waals surface area contributed by atoms with Crippen LogP contribution in [0.3, 0.4) is 0 Å². The average molecular weight is 494 g/mol. The zero-order valence-electron chi connectivity index (χ0n) is 17.4. The highest BCUT2D eigenvalue weighted by molar-refractivity contribution is 14.0. The Hall–Kier alpha value is -0.610. The number of rotatable bonds is 7. The van der Waals surface area contributed by atoms with Crippen molar-refractivity contribution in [3.8, 4) is 0 Å². The molecule has 7 nitrogen and oxygen atoms in total. The highest BCUT2D eigenvalue weighted by atomic mass is 127. The van der Waals surface area contributed by atoms with Crippen LogP contribution in [0.4, 0.5) is 0 Å². The van der Waals surface area contributed by atoms with Crippen molar-refractivity contribution in [1.82, 2.24) is 25.3 Å². The van der Waals surface area contributed by atoms with Crippen molar-refractivity contribution in [3.05, 3.63) is 0 Å². The number of halogens is 1. The number of nitrogens with zero attached hydrogens (tertiary/aromatic N) is 4. The first kappa shape index (κ1) is 24.4. The Morgan fingerprint density at radius 1 is 1.00 bits per heavy atom. The van der Waals surface area contributed by atoms with Crippen LogP contribution >= 0.6 is 24.0 Å². The first-order valence-corrected chi connectivity index (χ1v) is 10.4. The number of nitrogens with one attached hydrogen (secondary N) is 2. The quantitative estimate of drug-likeness (QED) is 0.317. The molecule has 0 radical (unpaired) electrons. The summed E-state index contributed by atoms with van der Waals surface area (Å²) in [6.07, 6.45) is 3.62. The van der Waals surface area contributed by atoms with Crippen molar-refractivity contribution in [2.75, 3.05) is 65.4 Å². The van der Waals surface area contributed by atoms with E-state index in [1.165, 1.54) is 38.9 Å². The van der Waals surface area contributed by atoms with E-state index in [4.69, 9.17) is 4.99 Å². The molecule has 158 valence electrons. The lowest BCUT2D eigenvalue weighted by molar-refractivity contribution is -0.130. The number of carbonyl (C=O) groups excluding carboxylic acids is 1. The normalized spacial score (nSPS) is 20.3. The Bertz CT molecular complexity index is 445. The van der Waals surface area contributed by atoms with Gasteiger partial charge in [-0.15, -0.1) is 24.0 Å². The molecule has 0 aromatic carbocycles. The van der Waals surface area contributed by atoms with E-state index in [0.29, 0.717) is 6.04 Å². The lowest BCUT2D eigenvalue weighted by Gasteiger charge is -2.34. The predicted molar refractivity (Wildman–Crippen MR) is 123 cm³/mol. The van der Waals surface area contributed by atoms with Crippen LogP contribution in [-0.2, 0) is 4.79 Å². The summed E-state index contributed by atoms with van der Waals surface area (Å²) in [6.45, 7) is 15.8. The van der Waals surface area contributed by atoms with Gasteiger partial charge in [-0.3, -0.25) is 14.7 Å². The number of aliphatic imine (C=N–C) groups is 1. The molecule has 0 spiro atoms. The van der Waals surface area contributed by atoms with Gasteiger partial charge in [0.15, 0.2) is 5.96 Å². The highest BCUT2D eigenvalue weighted by Crippen LogP contribution is 2.10. The maximum atomic E-state index is 11.4. The smallest absolute Gasteiger partial charge is 0.219 e. The van der Waals surface area contributed by atoms with Crippen LogP contribution < -0.4 is 10.6 Å². The number of carbonyl (C=O) groups is 1. The largest absolute Gasteiger partial charge is 0.357 e. The van der Waals surface area contributed by atoms with Crippen LogP contribution in [0.5, 0.6) is 0 Å². The van der Waals surface area contributed by atoms with Crippen molar-refractivity contribution in [3.63, 3.8) is 0 Å². The second-order valence-corrected chi connectivity index (χ2v) is 7.37. The third-order valence-electron chi connectivity index (χ3n) is 5.32. The first-order valence-electron chi connectivity index (χ1n) is 10.4. The molecule has 0 aromatic rings. The van der Waals surface area contributed by atoms with Gasteiger partial charge in [0.2, 0.25) is 5.91 Å². The molecule has 2 heterocycles. The van der Waals surface area contributed by atoms with E-state index < -0.39 is 0 Å². The molecule has 2 aliphatic rings. The molecule has 2 fully saturated rings. The van der Waals surface area contributed by atoms with E-state index in [0.717, 1.165) is 51.8 Å². The summed E-state index contributed by atoms with van der Waals surface area (Å²) in [4.78, 5) is 23.0. The lowest BCUT2D eigenvalue weighted by atomic mass is 10.1. The molecule has 2 saturated heterocycles. The van der Waals surface area contributed by atoms with Crippen molar-refractivity contribution in [2.24, 2.45) is 4.99 Å². The average Bonchev–Trinajstić information content (AvgIpc) is 2.64. The second-order valence-electron chi connectivity index (χ2n) is 7.37. The molecule has 2 aliphatic heterocycles. The Kier molecular flexibility index (Phi) is 12.3. The van der Waals surface area contributed by atoms with Gasteiger partial charge < -0.3 is 20.4 Å². The summed E-state index contributed by atoms with van der Waals surface area (Å²) in [6, 6.07) is 0.528. The highest BCUT2D eigenvalue weighted by Gasteiger charge is 2.20. The maximum Gasteiger partial charge on any atom is 0.219 e. The van der Waals surface area contributed by atoms with E-state index in [2.05, 4.69) is 34.3 Å². The van der Waals surface area contributed by atoms with Gasteiger partial charge in [-0.05, 0) is 32.7 Å². The summed E-state index contributed by atoms with van der Waals surface area (Å²) < 4.78 is 0. The molecule has 0 unspecified atom stereocenters.